The Kier molecular flexibility index (Phi) is 9.54. The van der Waals surface area contributed by atoms with Gasteiger partial charge < -0.3 is 19.1 Å². The summed E-state index contributed by atoms with van der Waals surface area (Å²) in [4.78, 5) is 14.9. The topological polar surface area (TPSA) is 85.4 Å². The van der Waals surface area contributed by atoms with Crippen LogP contribution >= 0.6 is 0 Å². The van der Waals surface area contributed by atoms with Crippen molar-refractivity contribution in [3.05, 3.63) is 83.4 Å². The van der Waals surface area contributed by atoms with Crippen molar-refractivity contribution >= 4 is 15.9 Å². The van der Waals surface area contributed by atoms with Crippen LogP contribution in [0.5, 0.6) is 17.2 Å². The molecule has 0 radical (unpaired) electrons. The van der Waals surface area contributed by atoms with Crippen molar-refractivity contribution in [3.63, 3.8) is 0 Å². The summed E-state index contributed by atoms with van der Waals surface area (Å²) < 4.78 is 44.5. The predicted molar refractivity (Wildman–Crippen MR) is 143 cm³/mol. The first-order valence-electron chi connectivity index (χ1n) is 11.8. The molecule has 0 fully saturated rings. The number of aryl methyl sites for hydroxylation is 1. The molecule has 0 atom stereocenters. The van der Waals surface area contributed by atoms with Gasteiger partial charge >= 0.3 is 0 Å². The van der Waals surface area contributed by atoms with E-state index < -0.39 is 10.0 Å². The number of hydrogen-bond donors (Lipinski definition) is 0. The lowest BCUT2D eigenvalue weighted by Gasteiger charge is -2.25. The van der Waals surface area contributed by atoms with Gasteiger partial charge in [0.05, 0.1) is 32.8 Å². The minimum atomic E-state index is -3.89. The monoisotopic (exact) mass is 526 g/mol. The van der Waals surface area contributed by atoms with Gasteiger partial charge in [-0.25, -0.2) is 8.42 Å². The first-order chi connectivity index (χ1) is 17.7. The molecule has 9 heteroatoms. The number of carbonyl (C=O) groups is 1. The lowest BCUT2D eigenvalue weighted by molar-refractivity contribution is -0.130. The Morgan fingerprint density at radius 2 is 1.43 bits per heavy atom. The van der Waals surface area contributed by atoms with Crippen molar-refractivity contribution < 1.29 is 27.4 Å². The number of sulfonamides is 1. The number of hydrogen-bond acceptors (Lipinski definition) is 6. The second-order valence-electron chi connectivity index (χ2n) is 8.67. The maximum Gasteiger partial charge on any atom is 0.243 e. The van der Waals surface area contributed by atoms with Gasteiger partial charge in [0.1, 0.15) is 0 Å². The van der Waals surface area contributed by atoms with Gasteiger partial charge in [-0.3, -0.25) is 4.79 Å². The lowest BCUT2D eigenvalue weighted by atomic mass is 10.1. The molecule has 0 spiro atoms. The Morgan fingerprint density at radius 3 is 1.97 bits per heavy atom. The Labute approximate surface area is 219 Å². The highest BCUT2D eigenvalue weighted by molar-refractivity contribution is 7.89. The van der Waals surface area contributed by atoms with Gasteiger partial charge in [-0.15, -0.1) is 0 Å². The molecule has 0 aliphatic carbocycles. The molecule has 0 aliphatic heterocycles. The van der Waals surface area contributed by atoms with Crippen molar-refractivity contribution in [3.8, 4) is 17.2 Å². The van der Waals surface area contributed by atoms with Gasteiger partial charge in [-0.2, -0.15) is 4.31 Å². The third-order valence-electron chi connectivity index (χ3n) is 6.03. The van der Waals surface area contributed by atoms with E-state index in [0.29, 0.717) is 23.7 Å². The third kappa shape index (κ3) is 7.02. The van der Waals surface area contributed by atoms with E-state index in [-0.39, 0.29) is 30.4 Å². The molecule has 0 N–H and O–H groups in total. The normalized spacial score (nSPS) is 11.3. The van der Waals surface area contributed by atoms with Crippen molar-refractivity contribution in [2.24, 2.45) is 0 Å². The fourth-order valence-electron chi connectivity index (χ4n) is 3.90. The van der Waals surface area contributed by atoms with Crippen LogP contribution in [-0.2, 0) is 27.8 Å². The summed E-state index contributed by atoms with van der Waals surface area (Å²) in [5.41, 5.74) is 2.70. The minimum absolute atomic E-state index is 0.159. The summed E-state index contributed by atoms with van der Waals surface area (Å²) in [6.45, 7) is 2.01. The molecule has 1 amide bonds. The summed E-state index contributed by atoms with van der Waals surface area (Å²) in [6.07, 6.45) is 0.482. The van der Waals surface area contributed by atoms with E-state index in [0.717, 1.165) is 16.7 Å². The quantitative estimate of drug-likeness (QED) is 0.356. The summed E-state index contributed by atoms with van der Waals surface area (Å²) in [6, 6.07) is 19.8. The molecular weight excluding hydrogens is 492 g/mol. The average molecular weight is 527 g/mol. The number of carbonyl (C=O) groups excluding carboxylic acids is 1. The molecule has 0 aromatic heterocycles. The Hall–Kier alpha value is -3.56. The Balaban J connectivity index is 1.82. The predicted octanol–water partition coefficient (Wildman–Crippen LogP) is 3.91. The van der Waals surface area contributed by atoms with Crippen LogP contribution in [0, 0.1) is 6.92 Å². The zero-order valence-corrected chi connectivity index (χ0v) is 22.7. The van der Waals surface area contributed by atoms with Crippen LogP contribution in [0.15, 0.2) is 71.6 Å². The van der Waals surface area contributed by atoms with E-state index in [1.54, 1.807) is 43.4 Å². The maximum atomic E-state index is 13.5. The highest BCUT2D eigenvalue weighted by Gasteiger charge is 2.28. The molecule has 0 bridgehead atoms. The van der Waals surface area contributed by atoms with E-state index in [1.807, 2.05) is 37.3 Å². The van der Waals surface area contributed by atoms with E-state index in [4.69, 9.17) is 14.2 Å². The van der Waals surface area contributed by atoms with Crippen molar-refractivity contribution in [1.82, 2.24) is 9.21 Å². The van der Waals surface area contributed by atoms with E-state index in [2.05, 4.69) is 0 Å². The zero-order chi connectivity index (χ0) is 27.0. The van der Waals surface area contributed by atoms with Crippen LogP contribution in [0.1, 0.15) is 16.7 Å². The first-order valence-corrected chi connectivity index (χ1v) is 13.3. The second kappa shape index (κ2) is 12.6. The number of likely N-dealkylation sites (N-methyl/N-ethyl adjacent to an activating group) is 1. The molecule has 0 saturated carbocycles. The number of methoxy groups -OCH3 is 3. The SMILES string of the molecule is COc1cc(CN(C)C(=O)CN(CCc2ccccc2)S(=O)(=O)c2ccc(C)cc2)cc(OC)c1OC. The first kappa shape index (κ1) is 28.0. The fraction of sp³-hybridized carbons (Fsp3) is 0.321. The number of benzene rings is 3. The molecule has 0 unspecified atom stereocenters. The number of rotatable bonds is 12. The molecular formula is C28H34N2O6S. The smallest absolute Gasteiger partial charge is 0.243 e. The van der Waals surface area contributed by atoms with Gasteiger partial charge in [0, 0.05) is 20.1 Å². The molecule has 0 aliphatic rings. The van der Waals surface area contributed by atoms with Crippen molar-refractivity contribution in [2.45, 2.75) is 24.8 Å². The summed E-state index contributed by atoms with van der Waals surface area (Å²) >= 11 is 0. The number of ether oxygens (including phenoxy) is 3. The third-order valence-corrected chi connectivity index (χ3v) is 7.89. The molecule has 0 saturated heterocycles. The highest BCUT2D eigenvalue weighted by Crippen LogP contribution is 2.38. The Morgan fingerprint density at radius 1 is 0.838 bits per heavy atom. The molecule has 8 nitrogen and oxygen atoms in total. The van der Waals surface area contributed by atoms with E-state index in [1.165, 1.54) is 30.5 Å². The van der Waals surface area contributed by atoms with Crippen LogP contribution in [0.2, 0.25) is 0 Å². The largest absolute Gasteiger partial charge is 0.493 e. The van der Waals surface area contributed by atoms with Crippen LogP contribution in [-0.4, -0.2) is 65.0 Å². The standard InChI is InChI=1S/C28H34N2O6S/c1-21-11-13-24(14-12-21)37(32,33)30(16-15-22-9-7-6-8-10-22)20-27(31)29(2)19-23-17-25(34-3)28(36-5)26(18-23)35-4/h6-14,17-18H,15-16,19-20H2,1-5H3. The molecule has 3 aromatic carbocycles. The van der Waals surface area contributed by atoms with Crippen molar-refractivity contribution in [2.75, 3.05) is 41.5 Å². The second-order valence-corrected chi connectivity index (χ2v) is 10.6. The maximum absolute atomic E-state index is 13.5. The minimum Gasteiger partial charge on any atom is -0.493 e. The molecule has 198 valence electrons. The van der Waals surface area contributed by atoms with Crippen LogP contribution < -0.4 is 14.2 Å². The summed E-state index contributed by atoms with van der Waals surface area (Å²) in [5.74, 6) is 1.07. The average Bonchev–Trinajstić information content (AvgIpc) is 2.90. The van der Waals surface area contributed by atoms with Gasteiger partial charge in [0.25, 0.3) is 0 Å². The highest BCUT2D eigenvalue weighted by atomic mass is 32.2. The number of amides is 1. The van der Waals surface area contributed by atoms with E-state index in [9.17, 15) is 13.2 Å². The van der Waals surface area contributed by atoms with Gasteiger partial charge in [0.2, 0.25) is 21.7 Å². The molecule has 0 heterocycles. The van der Waals surface area contributed by atoms with Crippen LogP contribution in [0.3, 0.4) is 0 Å². The lowest BCUT2D eigenvalue weighted by Crippen LogP contribution is -2.42. The van der Waals surface area contributed by atoms with Gasteiger partial charge in [-0.1, -0.05) is 48.0 Å². The van der Waals surface area contributed by atoms with Gasteiger partial charge in [-0.05, 0) is 48.7 Å². The van der Waals surface area contributed by atoms with Gasteiger partial charge in [0.15, 0.2) is 11.5 Å². The van der Waals surface area contributed by atoms with E-state index >= 15 is 0 Å². The zero-order valence-electron chi connectivity index (χ0n) is 21.9. The molecule has 3 aromatic rings. The Bertz CT molecular complexity index is 1270. The summed E-state index contributed by atoms with van der Waals surface area (Å²) in [7, 11) is 2.32. The van der Waals surface area contributed by atoms with Crippen LogP contribution in [0.4, 0.5) is 0 Å². The van der Waals surface area contributed by atoms with Crippen molar-refractivity contribution in [1.29, 1.82) is 0 Å². The molecule has 37 heavy (non-hydrogen) atoms. The number of nitrogens with zero attached hydrogens (tertiary/aromatic N) is 2. The molecule has 3 rings (SSSR count). The van der Waals surface area contributed by atoms with Crippen LogP contribution in [0.25, 0.3) is 0 Å². The summed E-state index contributed by atoms with van der Waals surface area (Å²) in [5, 5.41) is 0. The fourth-order valence-corrected chi connectivity index (χ4v) is 5.29.